The minimum atomic E-state index is -4.69. The zero-order chi connectivity index (χ0) is 32.3. The first-order valence-corrected chi connectivity index (χ1v) is 13.8. The van der Waals surface area contributed by atoms with Crippen LogP contribution < -0.4 is 24.2 Å². The summed E-state index contributed by atoms with van der Waals surface area (Å²) < 4.78 is 62.3. The molecule has 45 heavy (non-hydrogen) atoms. The van der Waals surface area contributed by atoms with Crippen molar-refractivity contribution in [1.82, 2.24) is 39.0 Å². The lowest BCUT2D eigenvalue weighted by Crippen LogP contribution is -2.17. The summed E-state index contributed by atoms with van der Waals surface area (Å²) in [6.45, 7) is 1.47. The molecule has 0 unspecified atom stereocenters. The number of nitrogens with zero attached hydrogens (tertiary/aromatic N) is 7. The molecule has 234 valence electrons. The second-order valence-electron chi connectivity index (χ2n) is 9.43. The highest BCUT2D eigenvalue weighted by molar-refractivity contribution is 7.97. The molecule has 2 N–H and O–H groups in total. The molecule has 0 aliphatic carbocycles. The van der Waals surface area contributed by atoms with Crippen molar-refractivity contribution in [3.05, 3.63) is 72.2 Å². The number of hydrogen-bond donors (Lipinski definition) is 2. The van der Waals surface area contributed by atoms with Gasteiger partial charge in [-0.05, 0) is 19.1 Å². The van der Waals surface area contributed by atoms with Gasteiger partial charge in [0.15, 0.2) is 11.5 Å². The molecule has 0 radical (unpaired) electrons. The van der Waals surface area contributed by atoms with Gasteiger partial charge in [-0.15, -0.1) is 0 Å². The smallest absolute Gasteiger partial charge is 0.435 e. The van der Waals surface area contributed by atoms with Crippen molar-refractivity contribution < 1.29 is 32.2 Å². The van der Waals surface area contributed by atoms with Crippen LogP contribution in [0.5, 0.6) is 17.4 Å². The number of hydrogen-bond acceptors (Lipinski definition) is 11. The molecule has 0 bridgehead atoms. The quantitative estimate of drug-likeness (QED) is 0.199. The van der Waals surface area contributed by atoms with Crippen LogP contribution in [-0.2, 0) is 13.2 Å². The lowest BCUT2D eigenvalue weighted by molar-refractivity contribution is -0.141. The maximum Gasteiger partial charge on any atom is 0.435 e. The Balaban J connectivity index is 1.58. The molecule has 0 saturated heterocycles. The van der Waals surface area contributed by atoms with Gasteiger partial charge >= 0.3 is 6.18 Å². The third kappa shape index (κ3) is 6.93. The largest absolute Gasteiger partial charge is 0.497 e. The van der Waals surface area contributed by atoms with E-state index in [0.717, 1.165) is 22.7 Å². The van der Waals surface area contributed by atoms with Crippen LogP contribution in [0.15, 0.2) is 60.3 Å². The summed E-state index contributed by atoms with van der Waals surface area (Å²) in [6.07, 6.45) is 1.40. The van der Waals surface area contributed by atoms with E-state index < -0.39 is 17.8 Å². The van der Waals surface area contributed by atoms with Gasteiger partial charge in [0.2, 0.25) is 11.8 Å². The summed E-state index contributed by atoms with van der Waals surface area (Å²) in [5.74, 6) is 0.500. The number of benzene rings is 1. The Bertz CT molecular complexity index is 1840. The SMILES string of the molecule is COc1cc(Nc2ncc(-c3cnc(OC)c(C(=O)NSc4cn(C)cn4)c3)c(-n3nc(C(F)(F)F)cc3C)n2)cc(OC)c1. The lowest BCUT2D eigenvalue weighted by Gasteiger charge is -2.15. The zero-order valence-corrected chi connectivity index (χ0v) is 25.3. The van der Waals surface area contributed by atoms with Crippen LogP contribution >= 0.6 is 11.9 Å². The number of rotatable bonds is 10. The highest BCUT2D eigenvalue weighted by Gasteiger charge is 2.35. The number of ether oxygens (including phenoxy) is 3. The van der Waals surface area contributed by atoms with E-state index in [-0.39, 0.29) is 34.5 Å². The number of carbonyl (C=O) groups is 1. The zero-order valence-electron chi connectivity index (χ0n) is 24.5. The van der Waals surface area contributed by atoms with Crippen LogP contribution in [0.3, 0.4) is 0 Å². The standard InChI is InChI=1S/C28H26F3N9O4S/c1-15-6-22(28(29,30)31)37-40(15)24-21(12-33-27(36-24)35-17-8-18(42-3)10-19(9-17)43-4)16-7-20(26(44-5)32-11-16)25(41)38-45-23-13-39(2)14-34-23/h6-14H,1-5H3,(H,38,41)(H,33,35,36). The Morgan fingerprint density at radius 2 is 1.69 bits per heavy atom. The summed E-state index contributed by atoms with van der Waals surface area (Å²) in [6, 6.07) is 7.40. The number of aryl methyl sites for hydroxylation is 2. The van der Waals surface area contributed by atoms with Crippen molar-refractivity contribution in [3.63, 3.8) is 0 Å². The van der Waals surface area contributed by atoms with Crippen LogP contribution in [0.4, 0.5) is 24.8 Å². The number of amides is 1. The molecular weight excluding hydrogens is 615 g/mol. The van der Waals surface area contributed by atoms with Crippen LogP contribution in [0.2, 0.25) is 0 Å². The molecule has 1 amide bonds. The average Bonchev–Trinajstić information content (AvgIpc) is 3.64. The topological polar surface area (TPSA) is 143 Å². The fourth-order valence-electron chi connectivity index (χ4n) is 4.15. The first-order chi connectivity index (χ1) is 21.5. The highest BCUT2D eigenvalue weighted by atomic mass is 32.2. The van der Waals surface area contributed by atoms with E-state index in [1.165, 1.54) is 46.7 Å². The Labute approximate surface area is 258 Å². The highest BCUT2D eigenvalue weighted by Crippen LogP contribution is 2.34. The van der Waals surface area contributed by atoms with Crippen LogP contribution in [-0.4, -0.2) is 61.5 Å². The van der Waals surface area contributed by atoms with Crippen molar-refractivity contribution in [2.45, 2.75) is 18.1 Å². The first kappa shape index (κ1) is 31.1. The van der Waals surface area contributed by atoms with Gasteiger partial charge in [0.1, 0.15) is 22.1 Å². The number of aromatic nitrogens is 7. The first-order valence-electron chi connectivity index (χ1n) is 13.0. The third-order valence-electron chi connectivity index (χ3n) is 6.28. The van der Waals surface area contributed by atoms with E-state index >= 15 is 0 Å². The Kier molecular flexibility index (Phi) is 8.80. The fraction of sp³-hybridized carbons (Fsp3) is 0.214. The third-order valence-corrected chi connectivity index (χ3v) is 6.99. The predicted octanol–water partition coefficient (Wildman–Crippen LogP) is 4.99. The second kappa shape index (κ2) is 12.7. The van der Waals surface area contributed by atoms with Gasteiger partial charge in [0, 0.05) is 78.3 Å². The maximum absolute atomic E-state index is 13.6. The van der Waals surface area contributed by atoms with E-state index in [2.05, 4.69) is 35.1 Å². The molecule has 0 aliphatic rings. The molecule has 0 spiro atoms. The molecule has 5 rings (SSSR count). The van der Waals surface area contributed by atoms with Gasteiger partial charge in [-0.2, -0.15) is 23.3 Å². The monoisotopic (exact) mass is 641 g/mol. The number of halogens is 3. The summed E-state index contributed by atoms with van der Waals surface area (Å²) in [5, 5.41) is 7.37. The maximum atomic E-state index is 13.6. The number of carbonyl (C=O) groups excluding carboxylic acids is 1. The summed E-state index contributed by atoms with van der Waals surface area (Å²) in [7, 11) is 6.14. The van der Waals surface area contributed by atoms with Gasteiger partial charge in [0.05, 0.1) is 27.7 Å². The minimum absolute atomic E-state index is 0.00320. The second-order valence-corrected chi connectivity index (χ2v) is 10.3. The van der Waals surface area contributed by atoms with Crippen LogP contribution in [0, 0.1) is 6.92 Å². The van der Waals surface area contributed by atoms with Crippen molar-refractivity contribution in [1.29, 1.82) is 0 Å². The summed E-state index contributed by atoms with van der Waals surface area (Å²) in [5.41, 5.74) is 0.164. The number of nitrogens with one attached hydrogen (secondary N) is 2. The molecule has 17 heteroatoms. The molecule has 0 saturated carbocycles. The van der Waals surface area contributed by atoms with Crippen molar-refractivity contribution in [2.75, 3.05) is 26.6 Å². The van der Waals surface area contributed by atoms with E-state index in [9.17, 15) is 18.0 Å². The van der Waals surface area contributed by atoms with Gasteiger partial charge in [0.25, 0.3) is 5.91 Å². The van der Waals surface area contributed by atoms with Crippen molar-refractivity contribution >= 4 is 29.5 Å². The number of alkyl halides is 3. The van der Waals surface area contributed by atoms with E-state index in [1.807, 2.05) is 0 Å². The van der Waals surface area contributed by atoms with Crippen LogP contribution in [0.25, 0.3) is 16.9 Å². The van der Waals surface area contributed by atoms with Gasteiger partial charge in [-0.3, -0.25) is 9.52 Å². The Morgan fingerprint density at radius 1 is 0.956 bits per heavy atom. The molecule has 4 heterocycles. The van der Waals surface area contributed by atoms with E-state index in [4.69, 9.17) is 14.2 Å². The number of anilines is 2. The number of methoxy groups -OCH3 is 3. The predicted molar refractivity (Wildman–Crippen MR) is 158 cm³/mol. The minimum Gasteiger partial charge on any atom is -0.497 e. The number of pyridine rings is 1. The van der Waals surface area contributed by atoms with E-state index in [1.54, 1.807) is 42.3 Å². The molecule has 1 aromatic carbocycles. The molecule has 5 aromatic rings. The van der Waals surface area contributed by atoms with Gasteiger partial charge in [-0.25, -0.2) is 19.6 Å². The van der Waals surface area contributed by atoms with Crippen molar-refractivity contribution in [3.8, 4) is 34.3 Å². The Hall–Kier alpha value is -5.32. The Morgan fingerprint density at radius 3 is 2.29 bits per heavy atom. The number of imidazole rings is 1. The fourth-order valence-corrected chi connectivity index (χ4v) is 4.78. The van der Waals surface area contributed by atoms with Gasteiger partial charge < -0.3 is 24.1 Å². The molecular formula is C28H26F3N9O4S. The van der Waals surface area contributed by atoms with Crippen molar-refractivity contribution in [2.24, 2.45) is 7.05 Å². The summed E-state index contributed by atoms with van der Waals surface area (Å²) in [4.78, 5) is 30.5. The van der Waals surface area contributed by atoms with Gasteiger partial charge in [-0.1, -0.05) is 0 Å². The summed E-state index contributed by atoms with van der Waals surface area (Å²) >= 11 is 0.994. The lowest BCUT2D eigenvalue weighted by atomic mass is 10.1. The molecule has 4 aromatic heterocycles. The average molecular weight is 642 g/mol. The molecule has 13 nitrogen and oxygen atoms in total. The van der Waals surface area contributed by atoms with E-state index in [0.29, 0.717) is 27.8 Å². The molecule has 0 atom stereocenters. The molecule has 0 fully saturated rings. The normalized spacial score (nSPS) is 11.3. The van der Waals surface area contributed by atoms with Crippen LogP contribution in [0.1, 0.15) is 21.7 Å². The molecule has 0 aliphatic heterocycles.